The van der Waals surface area contributed by atoms with Crippen LogP contribution in [-0.4, -0.2) is 5.71 Å². The minimum Gasteiger partial charge on any atom is -0.248 e. The standard InChI is InChI=1S/C27H20F3N/c28-27(29,30)23-17-15-20(16-18-23)19-25(21-9-3-1-4-10-21)26(22-11-7-8-12-22)31-24-13-5-2-6-14-24/h1-11,13-19H,12H2/b25-19+,31-26?. The molecular formula is C27H20F3N. The average Bonchev–Trinajstić information content (AvgIpc) is 3.32. The first kappa shape index (κ1) is 20.6. The summed E-state index contributed by atoms with van der Waals surface area (Å²) in [5.74, 6) is 0. The first-order valence-corrected chi connectivity index (χ1v) is 9.95. The molecule has 154 valence electrons. The van der Waals surface area contributed by atoms with Crippen molar-refractivity contribution in [3.63, 3.8) is 0 Å². The molecule has 0 bridgehead atoms. The lowest BCUT2D eigenvalue weighted by molar-refractivity contribution is -0.137. The van der Waals surface area contributed by atoms with Crippen molar-refractivity contribution in [1.82, 2.24) is 0 Å². The van der Waals surface area contributed by atoms with Gasteiger partial charge in [-0.05, 0) is 53.5 Å². The van der Waals surface area contributed by atoms with Gasteiger partial charge in [0, 0.05) is 5.57 Å². The van der Waals surface area contributed by atoms with Crippen molar-refractivity contribution >= 4 is 23.0 Å². The Kier molecular flexibility index (Phi) is 5.99. The van der Waals surface area contributed by atoms with Crippen LogP contribution in [0, 0.1) is 0 Å². The largest absolute Gasteiger partial charge is 0.416 e. The molecule has 0 spiro atoms. The third-order valence-electron chi connectivity index (χ3n) is 4.96. The van der Waals surface area contributed by atoms with Crippen LogP contribution in [0.25, 0.3) is 11.6 Å². The van der Waals surface area contributed by atoms with Gasteiger partial charge < -0.3 is 0 Å². The Hall–Kier alpha value is -3.66. The Balaban J connectivity index is 1.85. The Labute approximate surface area is 179 Å². The Morgan fingerprint density at radius 1 is 0.806 bits per heavy atom. The van der Waals surface area contributed by atoms with Crippen molar-refractivity contribution < 1.29 is 13.2 Å². The van der Waals surface area contributed by atoms with Gasteiger partial charge in [0.05, 0.1) is 17.0 Å². The fraction of sp³-hybridized carbons (Fsp3) is 0.0741. The molecule has 0 amide bonds. The van der Waals surface area contributed by atoms with Gasteiger partial charge >= 0.3 is 6.18 Å². The topological polar surface area (TPSA) is 12.4 Å². The van der Waals surface area contributed by atoms with E-state index >= 15 is 0 Å². The predicted octanol–water partition coefficient (Wildman–Crippen LogP) is 7.91. The van der Waals surface area contributed by atoms with E-state index in [9.17, 15) is 13.2 Å². The number of alkyl halides is 3. The van der Waals surface area contributed by atoms with Crippen molar-refractivity contribution in [1.29, 1.82) is 0 Å². The Morgan fingerprint density at radius 3 is 2.03 bits per heavy atom. The summed E-state index contributed by atoms with van der Waals surface area (Å²) in [6, 6.07) is 24.7. The number of rotatable bonds is 5. The van der Waals surface area contributed by atoms with Crippen molar-refractivity contribution in [2.45, 2.75) is 12.6 Å². The van der Waals surface area contributed by atoms with Gasteiger partial charge in [0.15, 0.2) is 0 Å². The smallest absolute Gasteiger partial charge is 0.248 e. The zero-order valence-electron chi connectivity index (χ0n) is 16.7. The zero-order valence-corrected chi connectivity index (χ0v) is 16.7. The van der Waals surface area contributed by atoms with Gasteiger partial charge in [0.25, 0.3) is 0 Å². The van der Waals surface area contributed by atoms with Gasteiger partial charge in [0.1, 0.15) is 0 Å². The van der Waals surface area contributed by atoms with Crippen LogP contribution in [0.2, 0.25) is 0 Å². The van der Waals surface area contributed by atoms with Gasteiger partial charge in [-0.3, -0.25) is 0 Å². The van der Waals surface area contributed by atoms with Crippen molar-refractivity contribution in [2.24, 2.45) is 4.99 Å². The minimum absolute atomic E-state index is 0.660. The second-order valence-electron chi connectivity index (χ2n) is 7.16. The summed E-state index contributed by atoms with van der Waals surface area (Å²) in [6.07, 6.45) is 4.39. The van der Waals surface area contributed by atoms with Crippen molar-refractivity contribution in [2.75, 3.05) is 0 Å². The molecule has 0 unspecified atom stereocenters. The van der Waals surface area contributed by atoms with E-state index < -0.39 is 11.7 Å². The molecule has 4 rings (SSSR count). The lowest BCUT2D eigenvalue weighted by atomic mass is 9.93. The highest BCUT2D eigenvalue weighted by atomic mass is 19.4. The maximum Gasteiger partial charge on any atom is 0.416 e. The summed E-state index contributed by atoms with van der Waals surface area (Å²) in [4.78, 5) is 4.93. The number of allylic oxidation sites excluding steroid dienone is 5. The van der Waals surface area contributed by atoms with Crippen LogP contribution < -0.4 is 0 Å². The van der Waals surface area contributed by atoms with E-state index in [0.717, 1.165) is 46.7 Å². The molecule has 1 aliphatic carbocycles. The van der Waals surface area contributed by atoms with Gasteiger partial charge in [-0.15, -0.1) is 0 Å². The fourth-order valence-electron chi connectivity index (χ4n) is 3.40. The molecule has 3 aromatic rings. The summed E-state index contributed by atoms with van der Waals surface area (Å²) >= 11 is 0. The van der Waals surface area contributed by atoms with E-state index in [-0.39, 0.29) is 0 Å². The minimum atomic E-state index is -4.36. The summed E-state index contributed by atoms with van der Waals surface area (Å²) in [5, 5.41) is 0. The van der Waals surface area contributed by atoms with E-state index in [1.165, 1.54) is 12.1 Å². The van der Waals surface area contributed by atoms with Crippen LogP contribution >= 0.6 is 0 Å². The average molecular weight is 415 g/mol. The van der Waals surface area contributed by atoms with Crippen LogP contribution in [0.4, 0.5) is 18.9 Å². The number of nitrogens with zero attached hydrogens (tertiary/aromatic N) is 1. The molecule has 3 aromatic carbocycles. The van der Waals surface area contributed by atoms with E-state index in [0.29, 0.717) is 5.56 Å². The number of benzene rings is 3. The molecule has 0 saturated carbocycles. The predicted molar refractivity (Wildman–Crippen MR) is 121 cm³/mol. The normalized spacial score (nSPS) is 14.6. The highest BCUT2D eigenvalue weighted by molar-refractivity contribution is 6.35. The summed E-state index contributed by atoms with van der Waals surface area (Å²) in [5.41, 5.74) is 4.52. The number of aliphatic imine (C=N–C) groups is 1. The molecule has 0 atom stereocenters. The molecule has 0 aromatic heterocycles. The molecule has 1 nitrogen and oxygen atoms in total. The van der Waals surface area contributed by atoms with Crippen LogP contribution in [0.1, 0.15) is 23.1 Å². The third-order valence-corrected chi connectivity index (χ3v) is 4.96. The molecule has 0 N–H and O–H groups in total. The van der Waals surface area contributed by atoms with Crippen LogP contribution in [0.5, 0.6) is 0 Å². The number of hydrogen-bond acceptors (Lipinski definition) is 1. The molecule has 0 heterocycles. The van der Waals surface area contributed by atoms with E-state index in [4.69, 9.17) is 4.99 Å². The second-order valence-corrected chi connectivity index (χ2v) is 7.16. The fourth-order valence-corrected chi connectivity index (χ4v) is 3.40. The Bertz CT molecular complexity index is 1150. The molecular weight excluding hydrogens is 395 g/mol. The second kappa shape index (κ2) is 9.00. The van der Waals surface area contributed by atoms with E-state index in [2.05, 4.69) is 6.08 Å². The SMILES string of the molecule is FC(F)(F)c1ccc(/C=C(/C(=Nc2ccccc2)C2=CC=CC2)c2ccccc2)cc1. The lowest BCUT2D eigenvalue weighted by Gasteiger charge is -2.14. The summed E-state index contributed by atoms with van der Waals surface area (Å²) < 4.78 is 38.9. The first-order valence-electron chi connectivity index (χ1n) is 9.95. The van der Waals surface area contributed by atoms with Gasteiger partial charge in [-0.25, -0.2) is 4.99 Å². The van der Waals surface area contributed by atoms with Crippen LogP contribution in [-0.2, 0) is 6.18 Å². The zero-order chi connectivity index (χ0) is 21.7. The molecule has 0 radical (unpaired) electrons. The van der Waals surface area contributed by atoms with Gasteiger partial charge in [0.2, 0.25) is 0 Å². The maximum atomic E-state index is 13.0. The lowest BCUT2D eigenvalue weighted by Crippen LogP contribution is -2.06. The number of para-hydroxylation sites is 1. The quantitative estimate of drug-likeness (QED) is 0.297. The van der Waals surface area contributed by atoms with Crippen molar-refractivity contribution in [3.05, 3.63) is 125 Å². The number of halogens is 3. The monoisotopic (exact) mass is 415 g/mol. The molecule has 4 heteroatoms. The molecule has 31 heavy (non-hydrogen) atoms. The molecule has 0 aliphatic heterocycles. The Morgan fingerprint density at radius 2 is 1.45 bits per heavy atom. The van der Waals surface area contributed by atoms with E-state index in [1.807, 2.05) is 78.9 Å². The molecule has 0 saturated heterocycles. The van der Waals surface area contributed by atoms with Gasteiger partial charge in [-0.2, -0.15) is 13.2 Å². The molecule has 1 aliphatic rings. The maximum absolute atomic E-state index is 13.0. The highest BCUT2D eigenvalue weighted by Crippen LogP contribution is 2.32. The molecule has 0 fully saturated rings. The third kappa shape index (κ3) is 5.10. The van der Waals surface area contributed by atoms with Gasteiger partial charge in [-0.1, -0.05) is 78.9 Å². The number of hydrogen-bond donors (Lipinski definition) is 0. The van der Waals surface area contributed by atoms with Crippen LogP contribution in [0.15, 0.2) is 114 Å². The summed E-state index contributed by atoms with van der Waals surface area (Å²) in [7, 11) is 0. The van der Waals surface area contributed by atoms with E-state index in [1.54, 1.807) is 0 Å². The summed E-state index contributed by atoms with van der Waals surface area (Å²) in [6.45, 7) is 0. The first-order chi connectivity index (χ1) is 15.0. The van der Waals surface area contributed by atoms with Crippen LogP contribution in [0.3, 0.4) is 0 Å². The van der Waals surface area contributed by atoms with Crippen molar-refractivity contribution in [3.8, 4) is 0 Å². The highest BCUT2D eigenvalue weighted by Gasteiger charge is 2.29.